The van der Waals surface area contributed by atoms with Crippen molar-refractivity contribution >= 4 is 10.0 Å². The van der Waals surface area contributed by atoms with Crippen molar-refractivity contribution in [3.8, 4) is 5.69 Å². The number of halogens is 1. The molecule has 0 spiro atoms. The average Bonchev–Trinajstić information content (AvgIpc) is 3.03. The van der Waals surface area contributed by atoms with Gasteiger partial charge >= 0.3 is 0 Å². The second-order valence-corrected chi connectivity index (χ2v) is 6.41. The van der Waals surface area contributed by atoms with E-state index in [0.29, 0.717) is 11.4 Å². The van der Waals surface area contributed by atoms with Crippen molar-refractivity contribution in [2.75, 3.05) is 0 Å². The Kier molecular flexibility index (Phi) is 4.13. The van der Waals surface area contributed by atoms with Crippen LogP contribution in [0.4, 0.5) is 4.39 Å². The summed E-state index contributed by atoms with van der Waals surface area (Å²) in [5.74, 6) is -0.497. The number of hydrogen-bond donors (Lipinski definition) is 1. The number of sulfonamides is 1. The molecule has 0 saturated heterocycles. The second-order valence-electron chi connectivity index (χ2n) is 4.64. The molecule has 23 heavy (non-hydrogen) atoms. The van der Waals surface area contributed by atoms with E-state index in [1.54, 1.807) is 30.7 Å². The highest BCUT2D eigenvalue weighted by Gasteiger charge is 2.14. The van der Waals surface area contributed by atoms with E-state index in [2.05, 4.69) is 20.0 Å². The molecule has 7 nitrogen and oxygen atoms in total. The fraction of sp³-hybridized carbons (Fsp3) is 0.0714. The standard InChI is InChI=1S/C14H12FN5O2S/c15-11-3-5-14(6-4-11)23(21,22)17-8-12-10-20(19-18-12)13-2-1-7-16-9-13/h1-7,9-10,17H,8H2. The Hall–Kier alpha value is -2.65. The van der Waals surface area contributed by atoms with Crippen LogP contribution in [0, 0.1) is 5.82 Å². The summed E-state index contributed by atoms with van der Waals surface area (Å²) in [7, 11) is -3.74. The summed E-state index contributed by atoms with van der Waals surface area (Å²) < 4.78 is 40.9. The number of pyridine rings is 1. The van der Waals surface area contributed by atoms with Crippen LogP contribution >= 0.6 is 0 Å². The molecule has 0 unspecified atom stereocenters. The predicted molar refractivity (Wildman–Crippen MR) is 79.6 cm³/mol. The van der Waals surface area contributed by atoms with Crippen LogP contribution in [0.1, 0.15) is 5.69 Å². The number of aromatic nitrogens is 4. The predicted octanol–water partition coefficient (Wildman–Crippen LogP) is 1.28. The Bertz CT molecular complexity index is 894. The maximum absolute atomic E-state index is 12.8. The first kappa shape index (κ1) is 15.3. The van der Waals surface area contributed by atoms with E-state index < -0.39 is 15.8 Å². The largest absolute Gasteiger partial charge is 0.262 e. The molecular weight excluding hydrogens is 321 g/mol. The molecule has 9 heteroatoms. The fourth-order valence-electron chi connectivity index (χ4n) is 1.86. The summed E-state index contributed by atoms with van der Waals surface area (Å²) in [5.41, 5.74) is 1.16. The van der Waals surface area contributed by atoms with Crippen molar-refractivity contribution in [3.05, 3.63) is 66.5 Å². The van der Waals surface area contributed by atoms with E-state index in [4.69, 9.17) is 0 Å². The molecule has 1 N–H and O–H groups in total. The van der Waals surface area contributed by atoms with Crippen molar-refractivity contribution in [2.45, 2.75) is 11.4 Å². The van der Waals surface area contributed by atoms with Gasteiger partial charge in [0.05, 0.1) is 35.2 Å². The molecule has 2 heterocycles. The normalized spacial score (nSPS) is 11.5. The van der Waals surface area contributed by atoms with Gasteiger partial charge in [0.25, 0.3) is 0 Å². The summed E-state index contributed by atoms with van der Waals surface area (Å²) >= 11 is 0. The Labute approximate surface area is 131 Å². The van der Waals surface area contributed by atoms with E-state index in [9.17, 15) is 12.8 Å². The summed E-state index contributed by atoms with van der Waals surface area (Å²) in [6, 6.07) is 8.14. The van der Waals surface area contributed by atoms with Gasteiger partial charge in [-0.05, 0) is 36.4 Å². The van der Waals surface area contributed by atoms with Gasteiger partial charge in [0, 0.05) is 6.20 Å². The lowest BCUT2D eigenvalue weighted by molar-refractivity contribution is 0.579. The highest BCUT2D eigenvalue weighted by Crippen LogP contribution is 2.10. The van der Waals surface area contributed by atoms with Gasteiger partial charge in [-0.1, -0.05) is 5.21 Å². The lowest BCUT2D eigenvalue weighted by Gasteiger charge is -2.04. The summed E-state index contributed by atoms with van der Waals surface area (Å²) in [6.45, 7) is -0.0278. The van der Waals surface area contributed by atoms with E-state index in [0.717, 1.165) is 12.1 Å². The van der Waals surface area contributed by atoms with Crippen LogP contribution in [0.3, 0.4) is 0 Å². The molecule has 0 radical (unpaired) electrons. The minimum Gasteiger partial charge on any atom is -0.262 e. The van der Waals surface area contributed by atoms with Gasteiger partial charge < -0.3 is 0 Å². The van der Waals surface area contributed by atoms with Crippen LogP contribution in [0.5, 0.6) is 0 Å². The molecule has 3 aromatic rings. The van der Waals surface area contributed by atoms with E-state index in [1.807, 2.05) is 0 Å². The van der Waals surface area contributed by atoms with Gasteiger partial charge in [0.1, 0.15) is 5.82 Å². The number of rotatable bonds is 5. The smallest absolute Gasteiger partial charge is 0.240 e. The van der Waals surface area contributed by atoms with E-state index in [-0.39, 0.29) is 11.4 Å². The van der Waals surface area contributed by atoms with Gasteiger partial charge in [0.2, 0.25) is 10.0 Å². The minimum atomic E-state index is -3.74. The van der Waals surface area contributed by atoms with Gasteiger partial charge in [-0.25, -0.2) is 22.2 Å². The van der Waals surface area contributed by atoms with E-state index in [1.165, 1.54) is 16.8 Å². The maximum atomic E-state index is 12.8. The van der Waals surface area contributed by atoms with Gasteiger partial charge in [-0.15, -0.1) is 5.10 Å². The number of nitrogens with zero attached hydrogens (tertiary/aromatic N) is 4. The van der Waals surface area contributed by atoms with Crippen LogP contribution in [0.25, 0.3) is 5.69 Å². The lowest BCUT2D eigenvalue weighted by atomic mass is 10.4. The molecule has 2 aromatic heterocycles. The zero-order chi connectivity index (χ0) is 16.3. The Morgan fingerprint density at radius 2 is 1.96 bits per heavy atom. The molecule has 0 atom stereocenters. The third-order valence-corrected chi connectivity index (χ3v) is 4.44. The topological polar surface area (TPSA) is 89.8 Å². The Morgan fingerprint density at radius 1 is 1.17 bits per heavy atom. The highest BCUT2D eigenvalue weighted by atomic mass is 32.2. The molecule has 0 amide bonds. The van der Waals surface area contributed by atoms with Crippen molar-refractivity contribution in [3.63, 3.8) is 0 Å². The molecule has 0 aliphatic heterocycles. The van der Waals surface area contributed by atoms with Crippen molar-refractivity contribution in [1.29, 1.82) is 0 Å². The van der Waals surface area contributed by atoms with Crippen molar-refractivity contribution < 1.29 is 12.8 Å². The first-order valence-electron chi connectivity index (χ1n) is 6.61. The van der Waals surface area contributed by atoms with E-state index >= 15 is 0 Å². The average molecular weight is 333 g/mol. The molecule has 0 saturated carbocycles. The van der Waals surface area contributed by atoms with Crippen molar-refractivity contribution in [2.24, 2.45) is 0 Å². The summed E-state index contributed by atoms with van der Waals surface area (Å²) in [4.78, 5) is 3.96. The zero-order valence-electron chi connectivity index (χ0n) is 11.8. The van der Waals surface area contributed by atoms with Crippen molar-refractivity contribution in [1.82, 2.24) is 24.7 Å². The minimum absolute atomic E-state index is 0.0152. The van der Waals surface area contributed by atoms with Crippen LogP contribution in [-0.4, -0.2) is 28.4 Å². The number of hydrogen-bond acceptors (Lipinski definition) is 5. The molecular formula is C14H12FN5O2S. The lowest BCUT2D eigenvalue weighted by Crippen LogP contribution is -2.23. The summed E-state index contributed by atoms with van der Waals surface area (Å²) in [6.07, 6.45) is 4.85. The van der Waals surface area contributed by atoms with Gasteiger partial charge in [-0.2, -0.15) is 0 Å². The second kappa shape index (κ2) is 6.23. The monoisotopic (exact) mass is 333 g/mol. The van der Waals surface area contributed by atoms with Crippen LogP contribution < -0.4 is 4.72 Å². The van der Waals surface area contributed by atoms with Crippen LogP contribution in [0.2, 0.25) is 0 Å². The van der Waals surface area contributed by atoms with Crippen LogP contribution in [-0.2, 0) is 16.6 Å². The number of benzene rings is 1. The Balaban J connectivity index is 1.71. The quantitative estimate of drug-likeness (QED) is 0.760. The molecule has 118 valence electrons. The molecule has 0 aliphatic carbocycles. The van der Waals surface area contributed by atoms with Gasteiger partial charge in [0.15, 0.2) is 0 Å². The molecule has 3 rings (SSSR count). The Morgan fingerprint density at radius 3 is 2.65 bits per heavy atom. The zero-order valence-corrected chi connectivity index (χ0v) is 12.6. The molecule has 0 fully saturated rings. The first-order chi connectivity index (χ1) is 11.0. The third kappa shape index (κ3) is 3.58. The maximum Gasteiger partial charge on any atom is 0.240 e. The first-order valence-corrected chi connectivity index (χ1v) is 8.10. The SMILES string of the molecule is O=S(=O)(NCc1cn(-c2cccnc2)nn1)c1ccc(F)cc1. The van der Waals surface area contributed by atoms with Gasteiger partial charge in [-0.3, -0.25) is 4.98 Å². The molecule has 0 aliphatic rings. The highest BCUT2D eigenvalue weighted by molar-refractivity contribution is 7.89. The third-order valence-electron chi connectivity index (χ3n) is 3.02. The number of nitrogens with one attached hydrogen (secondary N) is 1. The molecule has 0 bridgehead atoms. The fourth-order valence-corrected chi connectivity index (χ4v) is 2.86. The van der Waals surface area contributed by atoms with Crippen LogP contribution in [0.15, 0.2) is 59.9 Å². The molecule has 1 aromatic carbocycles. The summed E-state index contributed by atoms with van der Waals surface area (Å²) in [5, 5.41) is 7.82.